The Morgan fingerprint density at radius 3 is 2.55 bits per heavy atom. The first kappa shape index (κ1) is 16.5. The van der Waals surface area contributed by atoms with Crippen molar-refractivity contribution in [1.29, 1.82) is 0 Å². The second kappa shape index (κ2) is 7.89. The fourth-order valence-electron chi connectivity index (χ4n) is 1.85. The van der Waals surface area contributed by atoms with Crippen LogP contribution in [0.1, 0.15) is 48.9 Å². The minimum Gasteiger partial charge on any atom is -0.481 e. The number of aryl methyl sites for hydroxylation is 1. The van der Waals surface area contributed by atoms with Crippen molar-refractivity contribution in [2.45, 2.75) is 52.1 Å². The molecule has 0 aliphatic carbocycles. The summed E-state index contributed by atoms with van der Waals surface area (Å²) in [6, 6.07) is 3.77. The van der Waals surface area contributed by atoms with E-state index in [9.17, 15) is 9.59 Å². The molecule has 1 heterocycles. The SMILES string of the molecule is Cc1ccc(C(C)NC(=O)NC(C)CCCC(=O)O)s1. The third kappa shape index (κ3) is 6.06. The maximum atomic E-state index is 11.8. The molecule has 1 aromatic rings. The largest absolute Gasteiger partial charge is 0.481 e. The third-order valence-electron chi connectivity index (χ3n) is 2.94. The Morgan fingerprint density at radius 2 is 2.00 bits per heavy atom. The molecular weight excluding hydrogens is 276 g/mol. The van der Waals surface area contributed by atoms with Gasteiger partial charge in [-0.1, -0.05) is 0 Å². The zero-order chi connectivity index (χ0) is 15.1. The van der Waals surface area contributed by atoms with Crippen LogP contribution in [0.25, 0.3) is 0 Å². The van der Waals surface area contributed by atoms with Gasteiger partial charge < -0.3 is 15.7 Å². The third-order valence-corrected chi connectivity index (χ3v) is 4.12. The standard InChI is InChI=1S/C14H22N2O3S/c1-9(5-4-6-13(17)18)15-14(19)16-11(3)12-8-7-10(2)20-12/h7-9,11H,4-6H2,1-3H3,(H,17,18)(H2,15,16,19). The van der Waals surface area contributed by atoms with Crippen LogP contribution in [0.15, 0.2) is 12.1 Å². The van der Waals surface area contributed by atoms with Crippen LogP contribution >= 0.6 is 11.3 Å². The van der Waals surface area contributed by atoms with E-state index in [2.05, 4.69) is 10.6 Å². The van der Waals surface area contributed by atoms with E-state index < -0.39 is 5.97 Å². The van der Waals surface area contributed by atoms with Gasteiger partial charge in [-0.15, -0.1) is 11.3 Å². The lowest BCUT2D eigenvalue weighted by Crippen LogP contribution is -2.41. The van der Waals surface area contributed by atoms with Gasteiger partial charge in [-0.3, -0.25) is 4.79 Å². The zero-order valence-electron chi connectivity index (χ0n) is 12.1. The number of amides is 2. The molecule has 2 atom stereocenters. The molecule has 0 aromatic carbocycles. The van der Waals surface area contributed by atoms with E-state index >= 15 is 0 Å². The van der Waals surface area contributed by atoms with Gasteiger partial charge in [-0.2, -0.15) is 0 Å². The lowest BCUT2D eigenvalue weighted by Gasteiger charge is -2.17. The van der Waals surface area contributed by atoms with E-state index in [0.717, 1.165) is 4.88 Å². The van der Waals surface area contributed by atoms with Crippen LogP contribution in [0.5, 0.6) is 0 Å². The number of urea groups is 1. The van der Waals surface area contributed by atoms with Crippen LogP contribution in [0.3, 0.4) is 0 Å². The molecule has 2 amide bonds. The van der Waals surface area contributed by atoms with Gasteiger partial charge in [0.15, 0.2) is 0 Å². The van der Waals surface area contributed by atoms with Gasteiger partial charge >= 0.3 is 12.0 Å². The number of carboxylic acid groups (broad SMARTS) is 1. The predicted molar refractivity (Wildman–Crippen MR) is 80.1 cm³/mol. The van der Waals surface area contributed by atoms with Crippen LogP contribution in [-0.4, -0.2) is 23.1 Å². The minimum atomic E-state index is -0.802. The van der Waals surface area contributed by atoms with Crippen LogP contribution in [-0.2, 0) is 4.79 Å². The molecule has 0 fully saturated rings. The molecular formula is C14H22N2O3S. The van der Waals surface area contributed by atoms with Crippen molar-refractivity contribution in [2.75, 3.05) is 0 Å². The number of carboxylic acids is 1. The highest BCUT2D eigenvalue weighted by molar-refractivity contribution is 7.12. The average molecular weight is 298 g/mol. The summed E-state index contributed by atoms with van der Waals surface area (Å²) in [4.78, 5) is 24.6. The van der Waals surface area contributed by atoms with Crippen molar-refractivity contribution in [1.82, 2.24) is 10.6 Å². The molecule has 0 spiro atoms. The second-order valence-corrected chi connectivity index (χ2v) is 6.29. The zero-order valence-corrected chi connectivity index (χ0v) is 12.9. The quantitative estimate of drug-likeness (QED) is 0.724. The summed E-state index contributed by atoms with van der Waals surface area (Å²) in [6.45, 7) is 5.85. The van der Waals surface area contributed by atoms with E-state index in [1.807, 2.05) is 32.9 Å². The van der Waals surface area contributed by atoms with Crippen molar-refractivity contribution in [3.05, 3.63) is 21.9 Å². The van der Waals surface area contributed by atoms with Gasteiger partial charge in [0, 0.05) is 22.2 Å². The Morgan fingerprint density at radius 1 is 1.30 bits per heavy atom. The first-order chi connectivity index (χ1) is 9.38. The van der Waals surface area contributed by atoms with E-state index in [0.29, 0.717) is 12.8 Å². The fraction of sp³-hybridized carbons (Fsp3) is 0.571. The second-order valence-electron chi connectivity index (χ2n) is 4.97. The van der Waals surface area contributed by atoms with Gasteiger partial charge in [0.25, 0.3) is 0 Å². The molecule has 0 aliphatic heterocycles. The predicted octanol–water partition coefficient (Wildman–Crippen LogP) is 3.06. The van der Waals surface area contributed by atoms with Crippen LogP contribution < -0.4 is 10.6 Å². The topological polar surface area (TPSA) is 78.4 Å². The van der Waals surface area contributed by atoms with Crippen molar-refractivity contribution in [3.63, 3.8) is 0 Å². The monoisotopic (exact) mass is 298 g/mol. The van der Waals surface area contributed by atoms with Gasteiger partial charge in [0.1, 0.15) is 0 Å². The number of thiophene rings is 1. The summed E-state index contributed by atoms with van der Waals surface area (Å²) in [7, 11) is 0. The Bertz CT molecular complexity index is 459. The summed E-state index contributed by atoms with van der Waals surface area (Å²) in [5.74, 6) is -0.802. The molecule has 5 nitrogen and oxygen atoms in total. The number of hydrogen-bond donors (Lipinski definition) is 3. The molecule has 3 N–H and O–H groups in total. The molecule has 1 rings (SSSR count). The number of aliphatic carboxylic acids is 1. The van der Waals surface area contributed by atoms with E-state index in [1.54, 1.807) is 11.3 Å². The summed E-state index contributed by atoms with van der Waals surface area (Å²) in [6.07, 6.45) is 1.36. The van der Waals surface area contributed by atoms with Crippen molar-refractivity contribution >= 4 is 23.3 Å². The van der Waals surface area contributed by atoms with E-state index in [4.69, 9.17) is 5.11 Å². The smallest absolute Gasteiger partial charge is 0.315 e. The van der Waals surface area contributed by atoms with Crippen molar-refractivity contribution in [2.24, 2.45) is 0 Å². The number of hydrogen-bond acceptors (Lipinski definition) is 3. The molecule has 0 saturated carbocycles. The Balaban J connectivity index is 2.30. The Hall–Kier alpha value is -1.56. The summed E-state index contributed by atoms with van der Waals surface area (Å²) >= 11 is 1.67. The molecule has 0 aliphatic rings. The maximum absolute atomic E-state index is 11.8. The molecule has 0 radical (unpaired) electrons. The number of rotatable bonds is 7. The normalized spacial score (nSPS) is 13.6. The van der Waals surface area contributed by atoms with Gasteiger partial charge in [0.05, 0.1) is 6.04 Å². The lowest BCUT2D eigenvalue weighted by molar-refractivity contribution is -0.137. The molecule has 112 valence electrons. The summed E-state index contributed by atoms with van der Waals surface area (Å²) in [5.41, 5.74) is 0. The van der Waals surface area contributed by atoms with Crippen LogP contribution in [0, 0.1) is 6.92 Å². The number of carbonyl (C=O) groups is 2. The van der Waals surface area contributed by atoms with E-state index in [-0.39, 0.29) is 24.5 Å². The summed E-state index contributed by atoms with van der Waals surface area (Å²) < 4.78 is 0. The number of nitrogens with one attached hydrogen (secondary N) is 2. The highest BCUT2D eigenvalue weighted by Crippen LogP contribution is 2.22. The van der Waals surface area contributed by atoms with Crippen LogP contribution in [0.2, 0.25) is 0 Å². The maximum Gasteiger partial charge on any atom is 0.315 e. The van der Waals surface area contributed by atoms with E-state index in [1.165, 1.54) is 4.88 Å². The summed E-state index contributed by atoms with van der Waals surface area (Å²) in [5, 5.41) is 14.3. The van der Waals surface area contributed by atoms with Gasteiger partial charge in [0.2, 0.25) is 0 Å². The molecule has 0 saturated heterocycles. The van der Waals surface area contributed by atoms with Gasteiger partial charge in [-0.05, 0) is 45.7 Å². The molecule has 6 heteroatoms. The van der Waals surface area contributed by atoms with Crippen LogP contribution in [0.4, 0.5) is 4.79 Å². The Labute approximate surface area is 123 Å². The highest BCUT2D eigenvalue weighted by atomic mass is 32.1. The Kier molecular flexibility index (Phi) is 6.51. The molecule has 0 bridgehead atoms. The highest BCUT2D eigenvalue weighted by Gasteiger charge is 2.13. The van der Waals surface area contributed by atoms with Crippen molar-refractivity contribution in [3.8, 4) is 0 Å². The number of carbonyl (C=O) groups excluding carboxylic acids is 1. The minimum absolute atomic E-state index is 0.0279. The first-order valence-electron chi connectivity index (χ1n) is 6.73. The average Bonchev–Trinajstić information content (AvgIpc) is 2.75. The first-order valence-corrected chi connectivity index (χ1v) is 7.55. The van der Waals surface area contributed by atoms with Crippen molar-refractivity contribution < 1.29 is 14.7 Å². The lowest BCUT2D eigenvalue weighted by atomic mass is 10.1. The fourth-order valence-corrected chi connectivity index (χ4v) is 2.73. The molecule has 1 aromatic heterocycles. The molecule has 2 unspecified atom stereocenters. The molecule has 20 heavy (non-hydrogen) atoms. The van der Waals surface area contributed by atoms with Gasteiger partial charge in [-0.25, -0.2) is 4.79 Å².